The molecule has 2 rings (SSSR count). The van der Waals surface area contributed by atoms with Gasteiger partial charge in [-0.15, -0.1) is 12.3 Å². The van der Waals surface area contributed by atoms with Crippen LogP contribution in [0.25, 0.3) is 0 Å². The van der Waals surface area contributed by atoms with E-state index < -0.39 is 10.0 Å². The van der Waals surface area contributed by atoms with Crippen LogP contribution in [0.2, 0.25) is 0 Å². The summed E-state index contributed by atoms with van der Waals surface area (Å²) in [4.78, 5) is 12.3. The number of amides is 1. The lowest BCUT2D eigenvalue weighted by atomic mass is 10.2. The van der Waals surface area contributed by atoms with Crippen molar-refractivity contribution in [1.29, 1.82) is 0 Å². The summed E-state index contributed by atoms with van der Waals surface area (Å²) >= 11 is 0. The molecule has 0 aliphatic carbocycles. The van der Waals surface area contributed by atoms with E-state index in [2.05, 4.69) is 33.2 Å². The van der Waals surface area contributed by atoms with Crippen molar-refractivity contribution in [1.82, 2.24) is 10.6 Å². The number of carbonyl (C=O) groups excluding carboxylic acids is 1. The second-order valence-electron chi connectivity index (χ2n) is 6.92. The molecule has 0 radical (unpaired) electrons. The minimum absolute atomic E-state index is 0.279. The highest BCUT2D eigenvalue weighted by Gasteiger charge is 2.08. The Hall–Kier alpha value is -3.62. The van der Waals surface area contributed by atoms with Crippen LogP contribution >= 0.6 is 0 Å². The van der Waals surface area contributed by atoms with E-state index in [0.29, 0.717) is 50.2 Å². The highest BCUT2D eigenvalue weighted by Crippen LogP contribution is 2.14. The van der Waals surface area contributed by atoms with Gasteiger partial charge < -0.3 is 15.4 Å². The predicted octanol–water partition coefficient (Wildman–Crippen LogP) is 2.72. The van der Waals surface area contributed by atoms with E-state index >= 15 is 0 Å². The van der Waals surface area contributed by atoms with Crippen LogP contribution in [0.15, 0.2) is 48.5 Å². The molecule has 0 saturated heterocycles. The predicted molar refractivity (Wildman–Crippen MR) is 126 cm³/mol. The molecule has 0 aromatic heterocycles. The maximum atomic E-state index is 12.3. The quantitative estimate of drug-likeness (QED) is 0.276. The van der Waals surface area contributed by atoms with Crippen LogP contribution in [-0.4, -0.2) is 33.7 Å². The Morgan fingerprint density at radius 3 is 2.72 bits per heavy atom. The molecule has 2 aromatic rings. The highest BCUT2D eigenvalue weighted by molar-refractivity contribution is 7.92. The van der Waals surface area contributed by atoms with Crippen LogP contribution in [-0.2, 0) is 16.6 Å². The Morgan fingerprint density at radius 1 is 1.12 bits per heavy atom. The number of ether oxygens (including phenoxy) is 1. The van der Waals surface area contributed by atoms with Crippen LogP contribution in [0.3, 0.4) is 0 Å². The first-order valence-electron chi connectivity index (χ1n) is 10.1. The molecule has 7 nitrogen and oxygen atoms in total. The van der Waals surface area contributed by atoms with E-state index in [0.717, 1.165) is 17.6 Å². The van der Waals surface area contributed by atoms with Crippen molar-refractivity contribution in [3.05, 3.63) is 59.7 Å². The average molecular weight is 454 g/mol. The number of hydrogen-bond acceptors (Lipinski definition) is 5. The third kappa shape index (κ3) is 9.92. The van der Waals surface area contributed by atoms with Gasteiger partial charge in [0.25, 0.3) is 5.91 Å². The summed E-state index contributed by atoms with van der Waals surface area (Å²) in [5.74, 6) is 5.96. The van der Waals surface area contributed by atoms with E-state index in [1.54, 1.807) is 18.2 Å². The number of hydrogen-bond donors (Lipinski definition) is 3. The second-order valence-corrected chi connectivity index (χ2v) is 8.67. The summed E-state index contributed by atoms with van der Waals surface area (Å²) < 4.78 is 30.8. The fraction of sp³-hybridized carbons (Fsp3) is 0.292. The topological polar surface area (TPSA) is 96.5 Å². The molecule has 0 atom stereocenters. The molecule has 1 amide bonds. The number of sulfonamides is 1. The van der Waals surface area contributed by atoms with Gasteiger partial charge >= 0.3 is 0 Å². The Labute approximate surface area is 190 Å². The van der Waals surface area contributed by atoms with E-state index in [1.165, 1.54) is 6.07 Å². The maximum Gasteiger partial charge on any atom is 0.251 e. The summed E-state index contributed by atoms with van der Waals surface area (Å²) in [7, 11) is -3.40. The van der Waals surface area contributed by atoms with Crippen LogP contribution in [0.5, 0.6) is 5.75 Å². The van der Waals surface area contributed by atoms with Crippen molar-refractivity contribution in [3.8, 4) is 30.1 Å². The average Bonchev–Trinajstić information content (AvgIpc) is 2.75. The molecule has 2 aromatic carbocycles. The molecular formula is C24H27N3O4S. The lowest BCUT2D eigenvalue weighted by Crippen LogP contribution is -2.25. The lowest BCUT2D eigenvalue weighted by molar-refractivity contribution is 0.0951. The Bertz CT molecular complexity index is 1110. The van der Waals surface area contributed by atoms with Crippen molar-refractivity contribution in [2.24, 2.45) is 0 Å². The first kappa shape index (κ1) is 24.6. The first-order valence-corrected chi connectivity index (χ1v) is 12.0. The Morgan fingerprint density at radius 2 is 1.94 bits per heavy atom. The zero-order chi connectivity index (χ0) is 23.2. The summed E-state index contributed by atoms with van der Waals surface area (Å²) in [6, 6.07) is 16.9. The van der Waals surface area contributed by atoms with Crippen LogP contribution in [0.1, 0.15) is 35.2 Å². The highest BCUT2D eigenvalue weighted by atomic mass is 32.2. The van der Waals surface area contributed by atoms with Crippen molar-refractivity contribution in [2.45, 2.75) is 25.8 Å². The first-order chi connectivity index (χ1) is 15.4. The van der Waals surface area contributed by atoms with Gasteiger partial charge in [0, 0.05) is 43.2 Å². The van der Waals surface area contributed by atoms with Gasteiger partial charge in [0.2, 0.25) is 10.0 Å². The second kappa shape index (κ2) is 12.9. The van der Waals surface area contributed by atoms with E-state index in [1.807, 2.05) is 24.3 Å². The standard InChI is InChI=1S/C24H27N3O4S/c1-3-4-5-6-14-25-19-20-10-7-13-23(17-20)31-16-9-15-26-24(28)21-11-8-12-22(18-21)27-32(2,29)30/h1,7-8,10-13,17-18,25,27H,4-5,9,15-16,19H2,2H3,(H,26,28). The largest absolute Gasteiger partial charge is 0.494 e. The van der Waals surface area contributed by atoms with Crippen molar-refractivity contribution in [2.75, 3.05) is 24.1 Å². The molecule has 168 valence electrons. The third-order valence-electron chi connectivity index (χ3n) is 4.07. The van der Waals surface area contributed by atoms with E-state index in [4.69, 9.17) is 11.2 Å². The molecule has 0 spiro atoms. The van der Waals surface area contributed by atoms with Gasteiger partial charge in [0.15, 0.2) is 0 Å². The lowest BCUT2D eigenvalue weighted by Gasteiger charge is -2.10. The van der Waals surface area contributed by atoms with Crippen LogP contribution < -0.4 is 20.1 Å². The minimum atomic E-state index is -3.40. The van der Waals surface area contributed by atoms with Gasteiger partial charge in [-0.25, -0.2) is 8.42 Å². The Kier molecular flexibility index (Phi) is 9.96. The smallest absolute Gasteiger partial charge is 0.251 e. The van der Waals surface area contributed by atoms with Crippen LogP contribution in [0, 0.1) is 24.3 Å². The molecule has 3 N–H and O–H groups in total. The molecule has 0 saturated carbocycles. The molecule has 32 heavy (non-hydrogen) atoms. The number of unbranched alkanes of at least 4 members (excludes halogenated alkanes) is 1. The minimum Gasteiger partial charge on any atom is -0.494 e. The molecule has 0 bridgehead atoms. The number of rotatable bonds is 11. The zero-order valence-corrected chi connectivity index (χ0v) is 18.8. The summed E-state index contributed by atoms with van der Waals surface area (Å²) in [6.07, 6.45) is 8.18. The van der Waals surface area contributed by atoms with Gasteiger partial charge in [-0.2, -0.15) is 0 Å². The van der Waals surface area contributed by atoms with Gasteiger partial charge in [-0.3, -0.25) is 9.52 Å². The van der Waals surface area contributed by atoms with Gasteiger partial charge in [-0.1, -0.05) is 24.1 Å². The SMILES string of the molecule is C#CCCC#CNCc1cccc(OCCCNC(=O)c2cccc(NS(C)(=O)=O)c2)c1. The normalized spacial score (nSPS) is 10.2. The van der Waals surface area contributed by atoms with Gasteiger partial charge in [-0.05, 0) is 42.3 Å². The summed E-state index contributed by atoms with van der Waals surface area (Å²) in [6.45, 7) is 1.47. The van der Waals surface area contributed by atoms with E-state index in [9.17, 15) is 13.2 Å². The number of benzene rings is 2. The van der Waals surface area contributed by atoms with Gasteiger partial charge in [0.05, 0.1) is 12.9 Å². The molecular weight excluding hydrogens is 426 g/mol. The monoisotopic (exact) mass is 453 g/mol. The maximum absolute atomic E-state index is 12.3. The summed E-state index contributed by atoms with van der Waals surface area (Å²) in [5, 5.41) is 5.84. The van der Waals surface area contributed by atoms with Crippen molar-refractivity contribution >= 4 is 21.6 Å². The molecule has 0 unspecified atom stereocenters. The number of anilines is 1. The molecule has 0 heterocycles. The molecule has 0 fully saturated rings. The molecule has 0 aliphatic rings. The van der Waals surface area contributed by atoms with Gasteiger partial charge in [0.1, 0.15) is 5.75 Å². The van der Waals surface area contributed by atoms with E-state index in [-0.39, 0.29) is 5.91 Å². The van der Waals surface area contributed by atoms with Crippen LogP contribution in [0.4, 0.5) is 5.69 Å². The number of nitrogens with one attached hydrogen (secondary N) is 3. The van der Waals surface area contributed by atoms with Crippen molar-refractivity contribution in [3.63, 3.8) is 0 Å². The third-order valence-corrected chi connectivity index (χ3v) is 4.67. The zero-order valence-electron chi connectivity index (χ0n) is 18.0. The Balaban J connectivity index is 1.71. The molecule has 8 heteroatoms. The molecule has 0 aliphatic heterocycles. The summed E-state index contributed by atoms with van der Waals surface area (Å²) in [5.41, 5.74) is 1.77. The van der Waals surface area contributed by atoms with Crippen molar-refractivity contribution < 1.29 is 17.9 Å². The number of carbonyl (C=O) groups is 1. The fourth-order valence-electron chi connectivity index (χ4n) is 2.66. The number of terminal acetylenes is 1. The fourth-order valence-corrected chi connectivity index (χ4v) is 3.21.